The quantitative estimate of drug-likeness (QED) is 0.796. The number of carbonyl (C=O) groups is 1. The first kappa shape index (κ1) is 14.6. The van der Waals surface area contributed by atoms with Gasteiger partial charge in [-0.1, -0.05) is 0 Å². The molecule has 0 aliphatic carbocycles. The molecule has 1 aliphatic heterocycles. The van der Waals surface area contributed by atoms with Crippen LogP contribution in [0.5, 0.6) is 0 Å². The summed E-state index contributed by atoms with van der Waals surface area (Å²) in [6, 6.07) is 3.56. The average molecular weight is 276 g/mol. The maximum atomic E-state index is 11.9. The molecular weight excluding hydrogens is 256 g/mol. The van der Waals surface area contributed by atoms with Gasteiger partial charge in [0.15, 0.2) is 0 Å². The zero-order valence-corrected chi connectivity index (χ0v) is 11.7. The van der Waals surface area contributed by atoms with Crippen molar-refractivity contribution in [3.05, 3.63) is 23.5 Å². The lowest BCUT2D eigenvalue weighted by Crippen LogP contribution is -2.31. The number of nitriles is 1. The van der Waals surface area contributed by atoms with Crippen LogP contribution in [0.1, 0.15) is 22.5 Å². The van der Waals surface area contributed by atoms with Crippen LogP contribution in [0.15, 0.2) is 12.3 Å². The predicted molar refractivity (Wildman–Crippen MR) is 74.3 cm³/mol. The fourth-order valence-corrected chi connectivity index (χ4v) is 2.43. The Bertz CT molecular complexity index is 492. The molecule has 0 saturated carbocycles. The summed E-state index contributed by atoms with van der Waals surface area (Å²) in [6.07, 6.45) is 2.63. The average Bonchev–Trinajstić information content (AvgIpc) is 3.11. The number of hydrogen-bond acceptors (Lipinski definition) is 4. The minimum atomic E-state index is -0.151. The number of likely N-dealkylation sites (tertiary alicyclic amines) is 1. The summed E-state index contributed by atoms with van der Waals surface area (Å²) in [4.78, 5) is 17.1. The minimum absolute atomic E-state index is 0.151. The molecule has 2 N–H and O–H groups in total. The highest BCUT2D eigenvalue weighted by molar-refractivity contribution is 5.92. The van der Waals surface area contributed by atoms with Crippen molar-refractivity contribution in [2.45, 2.75) is 6.42 Å². The normalized spacial score (nSPS) is 18.9. The third-order valence-electron chi connectivity index (χ3n) is 3.59. The molecule has 6 nitrogen and oxygen atoms in total. The maximum absolute atomic E-state index is 11.9. The van der Waals surface area contributed by atoms with Gasteiger partial charge in [0, 0.05) is 32.9 Å². The molecule has 108 valence electrons. The molecule has 1 aliphatic rings. The van der Waals surface area contributed by atoms with Gasteiger partial charge in [0.25, 0.3) is 5.91 Å². The zero-order chi connectivity index (χ0) is 14.4. The van der Waals surface area contributed by atoms with Crippen molar-refractivity contribution in [2.75, 3.05) is 39.9 Å². The predicted octanol–water partition coefficient (Wildman–Crippen LogP) is 0.584. The van der Waals surface area contributed by atoms with E-state index in [1.165, 1.54) is 6.20 Å². The van der Waals surface area contributed by atoms with Crippen LogP contribution in [0.3, 0.4) is 0 Å². The van der Waals surface area contributed by atoms with E-state index in [0.717, 1.165) is 32.7 Å². The van der Waals surface area contributed by atoms with Gasteiger partial charge in [0.1, 0.15) is 11.8 Å². The van der Waals surface area contributed by atoms with Crippen LogP contribution >= 0.6 is 0 Å². The Balaban J connectivity index is 1.73. The molecule has 0 spiro atoms. The Morgan fingerprint density at radius 2 is 2.55 bits per heavy atom. The monoisotopic (exact) mass is 276 g/mol. The second kappa shape index (κ2) is 7.08. The molecule has 0 radical (unpaired) electrons. The molecule has 6 heteroatoms. The first-order chi connectivity index (χ1) is 9.72. The van der Waals surface area contributed by atoms with Crippen LogP contribution in [0.2, 0.25) is 0 Å². The van der Waals surface area contributed by atoms with Crippen LogP contribution in [-0.2, 0) is 4.74 Å². The SMILES string of the molecule is COCCN1CCC(CNC(=O)c2cc(C#N)c[nH]2)C1. The molecule has 0 aromatic carbocycles. The molecular formula is C14H20N4O2. The van der Waals surface area contributed by atoms with Crippen molar-refractivity contribution in [2.24, 2.45) is 5.92 Å². The summed E-state index contributed by atoms with van der Waals surface area (Å²) in [5.74, 6) is 0.336. The smallest absolute Gasteiger partial charge is 0.267 e. The first-order valence-electron chi connectivity index (χ1n) is 6.81. The van der Waals surface area contributed by atoms with Crippen molar-refractivity contribution in [3.63, 3.8) is 0 Å². The molecule has 2 rings (SSSR count). The molecule has 1 aromatic rings. The Hall–Kier alpha value is -1.84. The van der Waals surface area contributed by atoms with Gasteiger partial charge >= 0.3 is 0 Å². The summed E-state index contributed by atoms with van der Waals surface area (Å²) in [5.41, 5.74) is 0.914. The molecule has 1 atom stereocenters. The second-order valence-corrected chi connectivity index (χ2v) is 5.07. The number of nitrogens with one attached hydrogen (secondary N) is 2. The number of carbonyl (C=O) groups excluding carboxylic acids is 1. The molecule has 1 amide bonds. The third-order valence-corrected chi connectivity index (χ3v) is 3.59. The van der Waals surface area contributed by atoms with Crippen LogP contribution in [0.4, 0.5) is 0 Å². The Morgan fingerprint density at radius 3 is 3.25 bits per heavy atom. The highest BCUT2D eigenvalue weighted by Gasteiger charge is 2.22. The lowest BCUT2D eigenvalue weighted by molar-refractivity contribution is 0.0942. The molecule has 2 heterocycles. The summed E-state index contributed by atoms with van der Waals surface area (Å²) in [5, 5.41) is 11.6. The molecule has 0 bridgehead atoms. The van der Waals surface area contributed by atoms with E-state index >= 15 is 0 Å². The van der Waals surface area contributed by atoms with E-state index in [1.54, 1.807) is 13.2 Å². The van der Waals surface area contributed by atoms with Crippen LogP contribution in [-0.4, -0.2) is 55.7 Å². The van der Waals surface area contributed by atoms with Gasteiger partial charge in [-0.25, -0.2) is 0 Å². The van der Waals surface area contributed by atoms with E-state index in [2.05, 4.69) is 15.2 Å². The zero-order valence-electron chi connectivity index (χ0n) is 11.7. The van der Waals surface area contributed by atoms with Gasteiger partial charge in [-0.2, -0.15) is 5.26 Å². The number of rotatable bonds is 6. The Kier molecular flexibility index (Phi) is 5.16. The van der Waals surface area contributed by atoms with Crippen LogP contribution < -0.4 is 5.32 Å². The highest BCUT2D eigenvalue weighted by Crippen LogP contribution is 2.15. The topological polar surface area (TPSA) is 81.2 Å². The van der Waals surface area contributed by atoms with Gasteiger partial charge in [0.2, 0.25) is 0 Å². The van der Waals surface area contributed by atoms with Gasteiger partial charge in [-0.05, 0) is 24.9 Å². The highest BCUT2D eigenvalue weighted by atomic mass is 16.5. The van der Waals surface area contributed by atoms with Crippen LogP contribution in [0.25, 0.3) is 0 Å². The van der Waals surface area contributed by atoms with Gasteiger partial charge in [-0.3, -0.25) is 4.79 Å². The third kappa shape index (κ3) is 3.83. The van der Waals surface area contributed by atoms with E-state index in [9.17, 15) is 4.79 Å². The Labute approximate surface area is 118 Å². The van der Waals surface area contributed by atoms with Crippen molar-refractivity contribution in [1.82, 2.24) is 15.2 Å². The fourth-order valence-electron chi connectivity index (χ4n) is 2.43. The molecule has 1 saturated heterocycles. The van der Waals surface area contributed by atoms with E-state index in [-0.39, 0.29) is 5.91 Å². The maximum Gasteiger partial charge on any atom is 0.267 e. The van der Waals surface area contributed by atoms with Gasteiger partial charge in [0.05, 0.1) is 12.2 Å². The van der Waals surface area contributed by atoms with E-state index < -0.39 is 0 Å². The lowest BCUT2D eigenvalue weighted by atomic mass is 10.1. The second-order valence-electron chi connectivity index (χ2n) is 5.07. The largest absolute Gasteiger partial charge is 0.383 e. The van der Waals surface area contributed by atoms with Crippen molar-refractivity contribution in [1.29, 1.82) is 5.26 Å². The molecule has 20 heavy (non-hydrogen) atoms. The molecule has 1 unspecified atom stereocenters. The lowest BCUT2D eigenvalue weighted by Gasteiger charge is -2.15. The number of nitrogens with zero attached hydrogens (tertiary/aromatic N) is 2. The summed E-state index contributed by atoms with van der Waals surface area (Å²) >= 11 is 0. The summed E-state index contributed by atoms with van der Waals surface area (Å²) in [7, 11) is 1.71. The number of amides is 1. The summed E-state index contributed by atoms with van der Waals surface area (Å²) < 4.78 is 5.07. The van der Waals surface area contributed by atoms with Crippen LogP contribution in [0, 0.1) is 17.2 Å². The first-order valence-corrected chi connectivity index (χ1v) is 6.81. The Morgan fingerprint density at radius 1 is 1.70 bits per heavy atom. The standard InChI is InChI=1S/C14H20N4O2/c1-20-5-4-18-3-2-11(10-18)8-17-14(19)13-6-12(7-15)9-16-13/h6,9,11,16H,2-5,8,10H2,1H3,(H,17,19). The van der Waals surface area contributed by atoms with E-state index in [0.29, 0.717) is 23.7 Å². The number of aromatic amines is 1. The van der Waals surface area contributed by atoms with E-state index in [4.69, 9.17) is 10.00 Å². The molecule has 1 fully saturated rings. The number of methoxy groups -OCH3 is 1. The fraction of sp³-hybridized carbons (Fsp3) is 0.571. The van der Waals surface area contributed by atoms with Gasteiger partial charge < -0.3 is 19.9 Å². The number of ether oxygens (including phenoxy) is 1. The van der Waals surface area contributed by atoms with Crippen molar-refractivity contribution in [3.8, 4) is 6.07 Å². The van der Waals surface area contributed by atoms with E-state index in [1.807, 2.05) is 6.07 Å². The number of hydrogen-bond donors (Lipinski definition) is 2. The van der Waals surface area contributed by atoms with Crippen molar-refractivity contribution < 1.29 is 9.53 Å². The number of H-pyrrole nitrogens is 1. The minimum Gasteiger partial charge on any atom is -0.383 e. The van der Waals surface area contributed by atoms with Crippen molar-refractivity contribution >= 4 is 5.91 Å². The molecule has 1 aromatic heterocycles. The number of aromatic nitrogens is 1. The van der Waals surface area contributed by atoms with Gasteiger partial charge in [-0.15, -0.1) is 0 Å². The summed E-state index contributed by atoms with van der Waals surface area (Å²) in [6.45, 7) is 4.42.